The van der Waals surface area contributed by atoms with E-state index in [4.69, 9.17) is 5.10 Å². The van der Waals surface area contributed by atoms with E-state index in [1.165, 1.54) is 25.0 Å². The predicted octanol–water partition coefficient (Wildman–Crippen LogP) is 4.37. The number of fused-ring (bicyclic) bond motifs is 1. The van der Waals surface area contributed by atoms with Crippen LogP contribution in [0.4, 0.5) is 13.2 Å². The molecule has 2 aliphatic carbocycles. The molecule has 0 spiro atoms. The van der Waals surface area contributed by atoms with E-state index in [0.717, 1.165) is 42.8 Å². The Morgan fingerprint density at radius 3 is 2.63 bits per heavy atom. The summed E-state index contributed by atoms with van der Waals surface area (Å²) in [4.78, 5) is 4.59. The summed E-state index contributed by atoms with van der Waals surface area (Å²) in [5.41, 5.74) is 1.70. The number of hydrazine groups is 1. The van der Waals surface area contributed by atoms with Gasteiger partial charge in [0.05, 0.1) is 23.9 Å². The molecule has 7 heteroatoms. The molecule has 0 amide bonds. The maximum Gasteiger partial charge on any atom is 0.416 e. The number of rotatable bonds is 4. The fourth-order valence-electron chi connectivity index (χ4n) is 4.14. The molecule has 0 N–H and O–H groups in total. The molecular weight excluding hydrogens is 353 g/mol. The average molecular weight is 378 g/mol. The van der Waals surface area contributed by atoms with Gasteiger partial charge in [-0.25, -0.2) is 5.12 Å². The molecule has 1 aromatic rings. The van der Waals surface area contributed by atoms with Crippen molar-refractivity contribution in [1.82, 2.24) is 10.1 Å². The summed E-state index contributed by atoms with van der Waals surface area (Å²) in [6.07, 6.45) is -0.00379. The first-order valence-electron chi connectivity index (χ1n) is 9.61. The molecule has 27 heavy (non-hydrogen) atoms. The van der Waals surface area contributed by atoms with Crippen molar-refractivity contribution in [2.75, 3.05) is 13.6 Å². The van der Waals surface area contributed by atoms with Crippen molar-refractivity contribution < 1.29 is 13.2 Å². The molecule has 2 unspecified atom stereocenters. The van der Waals surface area contributed by atoms with Crippen molar-refractivity contribution in [3.63, 3.8) is 0 Å². The van der Waals surface area contributed by atoms with Gasteiger partial charge in [-0.05, 0) is 43.2 Å². The monoisotopic (exact) mass is 378 g/mol. The number of hydrogen-bond acceptors (Lipinski definition) is 4. The van der Waals surface area contributed by atoms with Crippen molar-refractivity contribution in [2.24, 2.45) is 21.9 Å². The smallest absolute Gasteiger partial charge is 0.289 e. The third-order valence-electron chi connectivity index (χ3n) is 5.87. The van der Waals surface area contributed by atoms with Crippen LogP contribution < -0.4 is 0 Å². The standard InChI is InChI=1S/C20H25F3N4/c1-13-17(24-11-15-5-3-4-6-16(15)20(21,22)23)9-10-18-19(13)25-26(2)27(18)12-14-7-8-14/h3-6,13-14,18H,7-12H2,1-2H3. The van der Waals surface area contributed by atoms with E-state index in [-0.39, 0.29) is 18.0 Å². The van der Waals surface area contributed by atoms with E-state index in [1.807, 2.05) is 12.2 Å². The van der Waals surface area contributed by atoms with Gasteiger partial charge in [0.25, 0.3) is 0 Å². The first kappa shape index (κ1) is 18.5. The lowest BCUT2D eigenvalue weighted by Crippen LogP contribution is -2.47. The van der Waals surface area contributed by atoms with Crippen LogP contribution in [0.15, 0.2) is 34.4 Å². The van der Waals surface area contributed by atoms with Gasteiger partial charge in [-0.2, -0.15) is 23.3 Å². The maximum absolute atomic E-state index is 13.2. The normalized spacial score (nSPS) is 27.8. The van der Waals surface area contributed by atoms with Crippen LogP contribution in [0.5, 0.6) is 0 Å². The fraction of sp³-hybridized carbons (Fsp3) is 0.600. The summed E-state index contributed by atoms with van der Waals surface area (Å²) < 4.78 is 39.6. The molecule has 2 atom stereocenters. The average Bonchev–Trinajstić information content (AvgIpc) is 3.38. The molecule has 1 aliphatic heterocycles. The fourth-order valence-corrected chi connectivity index (χ4v) is 4.14. The van der Waals surface area contributed by atoms with Crippen LogP contribution in [-0.2, 0) is 12.7 Å². The largest absolute Gasteiger partial charge is 0.416 e. The third kappa shape index (κ3) is 3.74. The minimum absolute atomic E-state index is 0.0644. The van der Waals surface area contributed by atoms with Gasteiger partial charge in [-0.3, -0.25) is 4.99 Å². The molecule has 0 radical (unpaired) electrons. The van der Waals surface area contributed by atoms with Gasteiger partial charge in [0.15, 0.2) is 0 Å². The number of nitrogens with zero attached hydrogens (tertiary/aromatic N) is 4. The molecule has 2 fully saturated rings. The van der Waals surface area contributed by atoms with Crippen molar-refractivity contribution in [3.05, 3.63) is 35.4 Å². The number of aliphatic imine (C=N–C) groups is 1. The van der Waals surface area contributed by atoms with E-state index in [0.29, 0.717) is 6.04 Å². The Balaban J connectivity index is 1.49. The number of hydrogen-bond donors (Lipinski definition) is 0. The van der Waals surface area contributed by atoms with Gasteiger partial charge in [0, 0.05) is 25.2 Å². The van der Waals surface area contributed by atoms with Gasteiger partial charge in [0.1, 0.15) is 0 Å². The zero-order valence-corrected chi connectivity index (χ0v) is 15.7. The van der Waals surface area contributed by atoms with Crippen LogP contribution in [0.3, 0.4) is 0 Å². The van der Waals surface area contributed by atoms with Crippen LogP contribution >= 0.6 is 0 Å². The second-order valence-corrected chi connectivity index (χ2v) is 7.82. The van der Waals surface area contributed by atoms with Crippen molar-refractivity contribution in [3.8, 4) is 0 Å². The second-order valence-electron chi connectivity index (χ2n) is 7.82. The van der Waals surface area contributed by atoms with Crippen LogP contribution in [0, 0.1) is 11.8 Å². The van der Waals surface area contributed by atoms with Gasteiger partial charge in [-0.15, -0.1) is 0 Å². The SMILES string of the molecule is CC1C(=NCc2ccccc2C(F)(F)F)CCC2C1=NN(C)N2CC1CC1. The zero-order chi connectivity index (χ0) is 19.2. The van der Waals surface area contributed by atoms with Crippen molar-refractivity contribution in [2.45, 2.75) is 51.4 Å². The molecule has 1 heterocycles. The lowest BCUT2D eigenvalue weighted by molar-refractivity contribution is -0.138. The van der Waals surface area contributed by atoms with Gasteiger partial charge in [-0.1, -0.05) is 25.1 Å². The van der Waals surface area contributed by atoms with Crippen LogP contribution in [-0.4, -0.2) is 41.2 Å². The lowest BCUT2D eigenvalue weighted by Gasteiger charge is -2.33. The van der Waals surface area contributed by atoms with Crippen molar-refractivity contribution in [1.29, 1.82) is 0 Å². The Bertz CT molecular complexity index is 767. The maximum atomic E-state index is 13.2. The van der Waals surface area contributed by atoms with E-state index in [1.54, 1.807) is 6.07 Å². The summed E-state index contributed by atoms with van der Waals surface area (Å²) in [5, 5.41) is 9.03. The highest BCUT2D eigenvalue weighted by Gasteiger charge is 2.42. The molecule has 146 valence electrons. The van der Waals surface area contributed by atoms with Crippen molar-refractivity contribution >= 4 is 11.4 Å². The molecule has 2 saturated carbocycles. The second kappa shape index (κ2) is 6.93. The first-order chi connectivity index (χ1) is 12.8. The highest BCUT2D eigenvalue weighted by Crippen LogP contribution is 2.36. The molecule has 3 aliphatic rings. The Morgan fingerprint density at radius 2 is 1.93 bits per heavy atom. The van der Waals surface area contributed by atoms with Gasteiger partial charge >= 0.3 is 6.18 Å². The van der Waals surface area contributed by atoms with E-state index < -0.39 is 11.7 Å². The number of hydrazone groups is 1. The van der Waals surface area contributed by atoms with Gasteiger partial charge in [0.2, 0.25) is 0 Å². The Morgan fingerprint density at radius 1 is 1.19 bits per heavy atom. The molecular formula is C20H25F3N4. The third-order valence-corrected chi connectivity index (χ3v) is 5.87. The summed E-state index contributed by atoms with van der Waals surface area (Å²) >= 11 is 0. The summed E-state index contributed by atoms with van der Waals surface area (Å²) in [6.45, 7) is 3.19. The number of halogens is 3. The number of benzene rings is 1. The number of alkyl halides is 3. The molecule has 0 aromatic heterocycles. The van der Waals surface area contributed by atoms with E-state index >= 15 is 0 Å². The molecule has 0 bridgehead atoms. The predicted molar refractivity (Wildman–Crippen MR) is 99.4 cm³/mol. The Kier molecular flexibility index (Phi) is 4.74. The summed E-state index contributed by atoms with van der Waals surface area (Å²) in [5.74, 6) is 0.861. The quantitative estimate of drug-likeness (QED) is 0.779. The van der Waals surface area contributed by atoms with Crippen LogP contribution in [0.2, 0.25) is 0 Å². The summed E-state index contributed by atoms with van der Waals surface area (Å²) in [7, 11) is 1.98. The van der Waals surface area contributed by atoms with Crippen LogP contribution in [0.25, 0.3) is 0 Å². The Labute approximate surface area is 157 Å². The molecule has 0 saturated heterocycles. The van der Waals surface area contributed by atoms with E-state index in [2.05, 4.69) is 16.9 Å². The molecule has 4 rings (SSSR count). The zero-order valence-electron chi connectivity index (χ0n) is 15.7. The minimum Gasteiger partial charge on any atom is -0.289 e. The minimum atomic E-state index is -4.35. The summed E-state index contributed by atoms with van der Waals surface area (Å²) in [6, 6.07) is 6.01. The highest BCUT2D eigenvalue weighted by atomic mass is 19.4. The molecule has 4 nitrogen and oxygen atoms in total. The van der Waals surface area contributed by atoms with E-state index in [9.17, 15) is 13.2 Å². The molecule has 1 aromatic carbocycles. The highest BCUT2D eigenvalue weighted by molar-refractivity contribution is 6.11. The Hall–Kier alpha value is -1.89. The topological polar surface area (TPSA) is 31.2 Å². The lowest BCUT2D eigenvalue weighted by atomic mass is 9.83. The van der Waals surface area contributed by atoms with Gasteiger partial charge < -0.3 is 0 Å². The van der Waals surface area contributed by atoms with Crippen LogP contribution in [0.1, 0.15) is 43.7 Å². The first-order valence-corrected chi connectivity index (χ1v) is 9.61.